The molecule has 7 nitrogen and oxygen atoms in total. The summed E-state index contributed by atoms with van der Waals surface area (Å²) in [6.07, 6.45) is 5.52. The lowest BCUT2D eigenvalue weighted by Gasteiger charge is -2.48. The normalized spacial score (nSPS) is 23.5. The van der Waals surface area contributed by atoms with Crippen LogP contribution in [-0.2, 0) is 20.1 Å². The molecule has 150 valence electrons. The summed E-state index contributed by atoms with van der Waals surface area (Å²) in [7, 11) is 3.84. The second-order valence-electron chi connectivity index (χ2n) is 7.92. The van der Waals surface area contributed by atoms with Gasteiger partial charge in [0.25, 0.3) is 0 Å². The van der Waals surface area contributed by atoms with Gasteiger partial charge in [-0.1, -0.05) is 30.3 Å². The van der Waals surface area contributed by atoms with Crippen LogP contribution in [0.3, 0.4) is 0 Å². The summed E-state index contributed by atoms with van der Waals surface area (Å²) in [4.78, 5) is 9.65. The van der Waals surface area contributed by atoms with Crippen LogP contribution in [0.15, 0.2) is 41.7 Å². The Bertz CT molecular complexity index is 785. The fourth-order valence-electron chi connectivity index (χ4n) is 4.67. The first-order chi connectivity index (χ1) is 13.7. The molecule has 1 aromatic heterocycles. The standard InChI is InChI=1S/C21H31N7/c1-22-21(23-13-20-25-24-16-26(20)2)28-12-10-19-18(15-28)9-6-11-27(19)14-17-7-4-3-5-8-17/h3-5,7-8,16,18-19H,6,9-15H2,1-2H3,(H,22,23). The number of nitrogens with one attached hydrogen (secondary N) is 1. The zero-order chi connectivity index (χ0) is 19.3. The van der Waals surface area contributed by atoms with Gasteiger partial charge in [-0.05, 0) is 37.3 Å². The third-order valence-electron chi connectivity index (χ3n) is 6.13. The Kier molecular flexibility index (Phi) is 5.90. The number of guanidine groups is 1. The van der Waals surface area contributed by atoms with E-state index in [1.807, 2.05) is 18.7 Å². The SMILES string of the molecule is CN=C(NCc1nncn1C)N1CCC2C(CCCN2Cc2ccccc2)C1. The fraction of sp³-hybridized carbons (Fsp3) is 0.571. The molecule has 0 bridgehead atoms. The van der Waals surface area contributed by atoms with Gasteiger partial charge in [0.15, 0.2) is 11.8 Å². The molecule has 0 spiro atoms. The first-order valence-electron chi connectivity index (χ1n) is 10.3. The molecule has 0 amide bonds. The zero-order valence-corrected chi connectivity index (χ0v) is 17.0. The van der Waals surface area contributed by atoms with Crippen molar-refractivity contribution >= 4 is 5.96 Å². The molecular weight excluding hydrogens is 350 g/mol. The highest BCUT2D eigenvalue weighted by Gasteiger charge is 2.36. The van der Waals surface area contributed by atoms with Gasteiger partial charge in [-0.3, -0.25) is 9.89 Å². The quantitative estimate of drug-likeness (QED) is 0.647. The van der Waals surface area contributed by atoms with Crippen molar-refractivity contribution in [3.05, 3.63) is 48.0 Å². The highest BCUT2D eigenvalue weighted by Crippen LogP contribution is 2.31. The summed E-state index contributed by atoms with van der Waals surface area (Å²) in [6, 6.07) is 11.6. The zero-order valence-electron chi connectivity index (χ0n) is 17.0. The molecule has 0 saturated carbocycles. The number of rotatable bonds is 4. The number of aryl methyl sites for hydroxylation is 1. The maximum atomic E-state index is 4.53. The van der Waals surface area contributed by atoms with E-state index in [0.29, 0.717) is 18.5 Å². The average Bonchev–Trinajstić information content (AvgIpc) is 3.14. The van der Waals surface area contributed by atoms with Crippen LogP contribution in [0.4, 0.5) is 0 Å². The Labute approximate surface area is 167 Å². The Hall–Kier alpha value is -2.41. The van der Waals surface area contributed by atoms with Crippen LogP contribution in [0.25, 0.3) is 0 Å². The van der Waals surface area contributed by atoms with E-state index in [1.54, 1.807) is 6.33 Å². The molecule has 2 aliphatic rings. The van der Waals surface area contributed by atoms with Crippen molar-refractivity contribution < 1.29 is 0 Å². The number of benzene rings is 1. The summed E-state index contributed by atoms with van der Waals surface area (Å²) in [5, 5.41) is 11.6. The van der Waals surface area contributed by atoms with E-state index >= 15 is 0 Å². The van der Waals surface area contributed by atoms with Crippen molar-refractivity contribution in [3.63, 3.8) is 0 Å². The topological polar surface area (TPSA) is 61.6 Å². The fourth-order valence-corrected chi connectivity index (χ4v) is 4.67. The molecule has 0 radical (unpaired) electrons. The van der Waals surface area contributed by atoms with Gasteiger partial charge >= 0.3 is 0 Å². The van der Waals surface area contributed by atoms with Crippen LogP contribution >= 0.6 is 0 Å². The number of hydrogen-bond acceptors (Lipinski definition) is 4. The maximum absolute atomic E-state index is 4.53. The van der Waals surface area contributed by atoms with Crippen molar-refractivity contribution in [2.75, 3.05) is 26.7 Å². The largest absolute Gasteiger partial charge is 0.349 e. The average molecular weight is 382 g/mol. The van der Waals surface area contributed by atoms with Crippen molar-refractivity contribution in [1.82, 2.24) is 29.9 Å². The molecule has 2 aliphatic heterocycles. The molecule has 28 heavy (non-hydrogen) atoms. The Morgan fingerprint density at radius 3 is 2.82 bits per heavy atom. The number of aromatic nitrogens is 3. The van der Waals surface area contributed by atoms with E-state index in [2.05, 4.69) is 60.6 Å². The monoisotopic (exact) mass is 381 g/mol. The summed E-state index contributed by atoms with van der Waals surface area (Å²) < 4.78 is 1.94. The van der Waals surface area contributed by atoms with Crippen molar-refractivity contribution in [2.45, 2.75) is 38.4 Å². The lowest BCUT2D eigenvalue weighted by atomic mass is 9.83. The molecule has 0 aliphatic carbocycles. The molecule has 1 N–H and O–H groups in total. The molecular formula is C21H31N7. The number of hydrogen-bond donors (Lipinski definition) is 1. The highest BCUT2D eigenvalue weighted by atomic mass is 15.3. The summed E-state index contributed by atoms with van der Waals surface area (Å²) in [6.45, 7) is 5.06. The molecule has 1 aromatic carbocycles. The van der Waals surface area contributed by atoms with Crippen LogP contribution in [0.2, 0.25) is 0 Å². The van der Waals surface area contributed by atoms with Gasteiger partial charge in [-0.25, -0.2) is 0 Å². The molecule has 2 unspecified atom stereocenters. The van der Waals surface area contributed by atoms with Crippen molar-refractivity contribution in [3.8, 4) is 0 Å². The van der Waals surface area contributed by atoms with Gasteiger partial charge in [0, 0.05) is 39.8 Å². The lowest BCUT2D eigenvalue weighted by Crippen LogP contribution is -2.56. The lowest BCUT2D eigenvalue weighted by molar-refractivity contribution is 0.0372. The van der Waals surface area contributed by atoms with E-state index < -0.39 is 0 Å². The third-order valence-corrected chi connectivity index (χ3v) is 6.13. The summed E-state index contributed by atoms with van der Waals surface area (Å²) in [5.41, 5.74) is 1.42. The van der Waals surface area contributed by atoms with Gasteiger partial charge in [0.2, 0.25) is 0 Å². The molecule has 7 heteroatoms. The molecule has 2 atom stereocenters. The Balaban J connectivity index is 1.36. The van der Waals surface area contributed by atoms with E-state index in [1.165, 1.54) is 31.4 Å². The Morgan fingerprint density at radius 2 is 2.07 bits per heavy atom. The number of nitrogens with zero attached hydrogens (tertiary/aromatic N) is 6. The van der Waals surface area contributed by atoms with Gasteiger partial charge in [0.05, 0.1) is 6.54 Å². The van der Waals surface area contributed by atoms with Gasteiger partial charge in [-0.2, -0.15) is 0 Å². The van der Waals surface area contributed by atoms with E-state index in [4.69, 9.17) is 0 Å². The Morgan fingerprint density at radius 1 is 1.21 bits per heavy atom. The van der Waals surface area contributed by atoms with Crippen LogP contribution in [0, 0.1) is 5.92 Å². The summed E-state index contributed by atoms with van der Waals surface area (Å²) in [5.74, 6) is 2.60. The first kappa shape index (κ1) is 18.9. The molecule has 3 heterocycles. The molecule has 2 aromatic rings. The second kappa shape index (κ2) is 8.73. The van der Waals surface area contributed by atoms with Crippen molar-refractivity contribution in [2.24, 2.45) is 18.0 Å². The minimum Gasteiger partial charge on any atom is -0.349 e. The summed E-state index contributed by atoms with van der Waals surface area (Å²) >= 11 is 0. The van der Waals surface area contributed by atoms with Gasteiger partial charge in [0.1, 0.15) is 6.33 Å². The first-order valence-corrected chi connectivity index (χ1v) is 10.3. The van der Waals surface area contributed by atoms with Gasteiger partial charge < -0.3 is 14.8 Å². The van der Waals surface area contributed by atoms with Crippen LogP contribution < -0.4 is 5.32 Å². The number of aliphatic imine (C=N–C) groups is 1. The minimum absolute atomic E-state index is 0.647. The third kappa shape index (κ3) is 4.19. The van der Waals surface area contributed by atoms with Gasteiger partial charge in [-0.15, -0.1) is 10.2 Å². The van der Waals surface area contributed by atoms with Crippen LogP contribution in [0.1, 0.15) is 30.7 Å². The number of piperidine rings is 2. The molecule has 2 fully saturated rings. The van der Waals surface area contributed by atoms with E-state index in [-0.39, 0.29) is 0 Å². The van der Waals surface area contributed by atoms with Crippen molar-refractivity contribution in [1.29, 1.82) is 0 Å². The van der Waals surface area contributed by atoms with Crippen LogP contribution in [0.5, 0.6) is 0 Å². The van der Waals surface area contributed by atoms with Crippen LogP contribution in [-0.4, -0.2) is 63.2 Å². The predicted octanol–water partition coefficient (Wildman–Crippen LogP) is 1.88. The smallest absolute Gasteiger partial charge is 0.194 e. The highest BCUT2D eigenvalue weighted by molar-refractivity contribution is 5.79. The number of likely N-dealkylation sites (tertiary alicyclic amines) is 2. The minimum atomic E-state index is 0.647. The number of fused-ring (bicyclic) bond motifs is 1. The van der Waals surface area contributed by atoms with E-state index in [9.17, 15) is 0 Å². The molecule has 2 saturated heterocycles. The van der Waals surface area contributed by atoms with E-state index in [0.717, 1.165) is 31.4 Å². The maximum Gasteiger partial charge on any atom is 0.194 e. The second-order valence-corrected chi connectivity index (χ2v) is 7.92. The molecule has 4 rings (SSSR count). The predicted molar refractivity (Wildman–Crippen MR) is 111 cm³/mol.